The lowest BCUT2D eigenvalue weighted by Gasteiger charge is -2.08. The van der Waals surface area contributed by atoms with Gasteiger partial charge in [-0.25, -0.2) is 0 Å². The number of rotatable bonds is 4. The zero-order valence-corrected chi connectivity index (χ0v) is 16.2. The van der Waals surface area contributed by atoms with Crippen LogP contribution in [0.15, 0.2) is 42.5 Å². The average Bonchev–Trinajstić information content (AvgIpc) is 2.98. The molecule has 2 N–H and O–H groups in total. The first-order valence-corrected chi connectivity index (χ1v) is 9.12. The van der Waals surface area contributed by atoms with E-state index in [0.717, 1.165) is 10.1 Å². The number of fused-ring (bicyclic) bond motifs is 1. The maximum atomic E-state index is 12.5. The van der Waals surface area contributed by atoms with Crippen LogP contribution in [0.25, 0.3) is 10.1 Å². The van der Waals surface area contributed by atoms with Gasteiger partial charge in [-0.15, -0.1) is 11.3 Å². The molecule has 0 fully saturated rings. The molecule has 0 radical (unpaired) electrons. The van der Waals surface area contributed by atoms with Crippen molar-refractivity contribution < 1.29 is 14.5 Å². The summed E-state index contributed by atoms with van der Waals surface area (Å²) in [6.45, 7) is 0. The minimum atomic E-state index is -0.516. The van der Waals surface area contributed by atoms with Gasteiger partial charge in [0.2, 0.25) is 0 Å². The standard InChI is InChI=1S/C17H12ClN3O4S2/c1-25-11-5-6-12-13(8-11)27-15(14(12)18)16(22)20-17(26)19-9-3-2-4-10(7-9)21(23)24/h2-8H,1H3,(H2,19,20,22,26). The topological polar surface area (TPSA) is 93.5 Å². The normalized spacial score (nSPS) is 10.4. The molecule has 1 aromatic heterocycles. The van der Waals surface area contributed by atoms with E-state index < -0.39 is 10.8 Å². The summed E-state index contributed by atoms with van der Waals surface area (Å²) < 4.78 is 5.98. The Bertz CT molecular complexity index is 1070. The fraction of sp³-hybridized carbons (Fsp3) is 0.0588. The van der Waals surface area contributed by atoms with E-state index in [0.29, 0.717) is 21.3 Å². The molecule has 2 aromatic carbocycles. The molecule has 0 atom stereocenters. The molecule has 0 aliphatic carbocycles. The number of hydrogen-bond donors (Lipinski definition) is 2. The lowest BCUT2D eigenvalue weighted by atomic mass is 10.2. The Labute approximate surface area is 168 Å². The molecule has 0 saturated heterocycles. The van der Waals surface area contributed by atoms with Crippen LogP contribution >= 0.6 is 35.2 Å². The Morgan fingerprint density at radius 1 is 1.30 bits per heavy atom. The van der Waals surface area contributed by atoms with Crippen LogP contribution in [0, 0.1) is 10.1 Å². The molecule has 10 heteroatoms. The van der Waals surface area contributed by atoms with Gasteiger partial charge in [-0.1, -0.05) is 17.7 Å². The Morgan fingerprint density at radius 3 is 2.78 bits per heavy atom. The van der Waals surface area contributed by atoms with Crippen molar-refractivity contribution in [3.05, 3.63) is 62.5 Å². The van der Waals surface area contributed by atoms with Gasteiger partial charge in [0.1, 0.15) is 10.6 Å². The molecular formula is C17H12ClN3O4S2. The number of halogens is 1. The van der Waals surface area contributed by atoms with Gasteiger partial charge in [-0.2, -0.15) is 0 Å². The Kier molecular flexibility index (Phi) is 5.54. The van der Waals surface area contributed by atoms with Crippen molar-refractivity contribution in [2.24, 2.45) is 0 Å². The van der Waals surface area contributed by atoms with Crippen LogP contribution in [-0.2, 0) is 0 Å². The molecule has 7 nitrogen and oxygen atoms in total. The molecule has 0 saturated carbocycles. The van der Waals surface area contributed by atoms with Crippen LogP contribution < -0.4 is 15.4 Å². The number of non-ortho nitro benzene ring substituents is 1. The number of benzene rings is 2. The van der Waals surface area contributed by atoms with Crippen molar-refractivity contribution in [3.63, 3.8) is 0 Å². The predicted octanol–water partition coefficient (Wildman–Crippen LogP) is 4.60. The highest BCUT2D eigenvalue weighted by molar-refractivity contribution is 7.80. The number of nitrogens with zero attached hydrogens (tertiary/aromatic N) is 1. The second-order valence-corrected chi connectivity index (χ2v) is 7.16. The number of thiocarbonyl (C=S) groups is 1. The molecule has 0 spiro atoms. The summed E-state index contributed by atoms with van der Waals surface area (Å²) in [6, 6.07) is 11.1. The van der Waals surface area contributed by atoms with Crippen molar-refractivity contribution in [3.8, 4) is 5.75 Å². The SMILES string of the molecule is COc1ccc2c(Cl)c(C(=O)NC(=S)Nc3cccc([N+](=O)[O-])c3)sc2c1. The highest BCUT2D eigenvalue weighted by atomic mass is 35.5. The molecule has 0 aliphatic heterocycles. The van der Waals surface area contributed by atoms with Gasteiger partial charge in [-0.05, 0) is 36.5 Å². The van der Waals surface area contributed by atoms with Crippen molar-refractivity contribution in [1.29, 1.82) is 0 Å². The van der Waals surface area contributed by atoms with Crippen molar-refractivity contribution in [2.45, 2.75) is 0 Å². The lowest BCUT2D eigenvalue weighted by molar-refractivity contribution is -0.384. The van der Waals surface area contributed by atoms with E-state index in [4.69, 9.17) is 28.6 Å². The summed E-state index contributed by atoms with van der Waals surface area (Å²) in [5.74, 6) is 0.193. The second kappa shape index (κ2) is 7.87. The van der Waals surface area contributed by atoms with E-state index >= 15 is 0 Å². The zero-order valence-electron chi connectivity index (χ0n) is 13.8. The average molecular weight is 422 g/mol. The quantitative estimate of drug-likeness (QED) is 0.363. The first-order chi connectivity index (χ1) is 12.9. The Morgan fingerprint density at radius 2 is 2.07 bits per heavy atom. The van der Waals surface area contributed by atoms with Gasteiger partial charge in [-0.3, -0.25) is 20.2 Å². The molecule has 27 heavy (non-hydrogen) atoms. The summed E-state index contributed by atoms with van der Waals surface area (Å²) in [7, 11) is 1.56. The second-order valence-electron chi connectivity index (χ2n) is 5.32. The molecule has 0 bridgehead atoms. The smallest absolute Gasteiger partial charge is 0.271 e. The van der Waals surface area contributed by atoms with Gasteiger partial charge in [0.25, 0.3) is 11.6 Å². The maximum Gasteiger partial charge on any atom is 0.271 e. The fourth-order valence-electron chi connectivity index (χ4n) is 2.34. The van der Waals surface area contributed by atoms with Crippen molar-refractivity contribution in [1.82, 2.24) is 5.32 Å². The molecule has 3 rings (SSSR count). The number of anilines is 1. The first-order valence-electron chi connectivity index (χ1n) is 7.52. The fourth-order valence-corrected chi connectivity index (χ4v) is 3.99. The molecular weight excluding hydrogens is 410 g/mol. The highest BCUT2D eigenvalue weighted by Gasteiger charge is 2.18. The molecule has 1 heterocycles. The van der Waals surface area contributed by atoms with E-state index in [9.17, 15) is 14.9 Å². The lowest BCUT2D eigenvalue weighted by Crippen LogP contribution is -2.33. The number of nitro groups is 1. The minimum Gasteiger partial charge on any atom is -0.497 e. The van der Waals surface area contributed by atoms with Crippen LogP contribution in [0.4, 0.5) is 11.4 Å². The first kappa shape index (κ1) is 19.0. The van der Waals surface area contributed by atoms with Gasteiger partial charge < -0.3 is 10.1 Å². The number of carbonyl (C=O) groups excluding carboxylic acids is 1. The summed E-state index contributed by atoms with van der Waals surface area (Å²) >= 11 is 12.6. The third-order valence-electron chi connectivity index (χ3n) is 3.58. The summed E-state index contributed by atoms with van der Waals surface area (Å²) in [4.78, 5) is 23.1. The monoisotopic (exact) mass is 421 g/mol. The summed E-state index contributed by atoms with van der Waals surface area (Å²) in [5, 5.41) is 17.2. The van der Waals surface area contributed by atoms with Crippen molar-refractivity contribution in [2.75, 3.05) is 12.4 Å². The van der Waals surface area contributed by atoms with E-state index in [1.165, 1.54) is 29.5 Å². The molecule has 1 amide bonds. The Hall–Kier alpha value is -2.75. The number of ether oxygens (including phenoxy) is 1. The number of methoxy groups -OCH3 is 1. The predicted molar refractivity (Wildman–Crippen MR) is 110 cm³/mol. The molecule has 138 valence electrons. The number of amides is 1. The molecule has 0 aliphatic rings. The van der Waals surface area contributed by atoms with Crippen LogP contribution in [-0.4, -0.2) is 23.1 Å². The van der Waals surface area contributed by atoms with Crippen LogP contribution in [0.5, 0.6) is 5.75 Å². The van der Waals surface area contributed by atoms with E-state index in [2.05, 4.69) is 10.6 Å². The van der Waals surface area contributed by atoms with E-state index in [-0.39, 0.29) is 10.8 Å². The summed E-state index contributed by atoms with van der Waals surface area (Å²) in [5.41, 5.74) is 0.303. The van der Waals surface area contributed by atoms with Crippen LogP contribution in [0.2, 0.25) is 5.02 Å². The third-order valence-corrected chi connectivity index (χ3v) is 5.44. The number of nitro benzene ring substituents is 1. The minimum absolute atomic E-state index is 0.00611. The number of hydrogen-bond acceptors (Lipinski definition) is 6. The van der Waals surface area contributed by atoms with Gasteiger partial charge in [0, 0.05) is 27.9 Å². The highest BCUT2D eigenvalue weighted by Crippen LogP contribution is 2.37. The maximum absolute atomic E-state index is 12.5. The van der Waals surface area contributed by atoms with Crippen molar-refractivity contribution >= 4 is 67.6 Å². The van der Waals surface area contributed by atoms with Crippen LogP contribution in [0.3, 0.4) is 0 Å². The van der Waals surface area contributed by atoms with Crippen LogP contribution in [0.1, 0.15) is 9.67 Å². The molecule has 0 unspecified atom stereocenters. The summed E-state index contributed by atoms with van der Waals surface area (Å²) in [6.07, 6.45) is 0. The largest absolute Gasteiger partial charge is 0.497 e. The third kappa shape index (κ3) is 4.16. The van der Waals surface area contributed by atoms with E-state index in [1.54, 1.807) is 31.4 Å². The molecule has 3 aromatic rings. The zero-order chi connectivity index (χ0) is 19.6. The number of nitrogens with one attached hydrogen (secondary N) is 2. The van der Waals surface area contributed by atoms with Gasteiger partial charge in [0.05, 0.1) is 17.1 Å². The number of thiophene rings is 1. The Balaban J connectivity index is 1.76. The van der Waals surface area contributed by atoms with Gasteiger partial charge >= 0.3 is 0 Å². The van der Waals surface area contributed by atoms with E-state index in [1.807, 2.05) is 0 Å². The number of carbonyl (C=O) groups is 1. The van der Waals surface area contributed by atoms with Gasteiger partial charge in [0.15, 0.2) is 5.11 Å².